The molecule has 1 aliphatic rings. The molecule has 0 aliphatic carbocycles. The molecule has 0 aromatic carbocycles. The van der Waals surface area contributed by atoms with Crippen LogP contribution in [0.25, 0.3) is 0 Å². The lowest BCUT2D eigenvalue weighted by atomic mass is 10.1. The molecule has 21 heavy (non-hydrogen) atoms. The molecule has 1 fully saturated rings. The number of aromatic nitrogens is 1. The summed E-state index contributed by atoms with van der Waals surface area (Å²) in [6.45, 7) is 3.62. The summed E-state index contributed by atoms with van der Waals surface area (Å²) in [6, 6.07) is 1.38. The van der Waals surface area contributed by atoms with Gasteiger partial charge < -0.3 is 15.2 Å². The van der Waals surface area contributed by atoms with Crippen LogP contribution in [0.3, 0.4) is 0 Å². The third-order valence-corrected chi connectivity index (χ3v) is 3.64. The molecule has 0 bridgehead atoms. The fourth-order valence-electron chi connectivity index (χ4n) is 2.43. The molecule has 1 saturated heterocycles. The lowest BCUT2D eigenvalue weighted by Gasteiger charge is -2.26. The number of carbonyl (C=O) groups excluding carboxylic acids is 2. The number of nitrogens with zero attached hydrogens (tertiary/aromatic N) is 1. The predicted octanol–water partition coefficient (Wildman–Crippen LogP) is 0.816. The number of piperidine rings is 1. The van der Waals surface area contributed by atoms with E-state index in [2.05, 4.69) is 10.3 Å². The van der Waals surface area contributed by atoms with Crippen molar-refractivity contribution in [2.24, 2.45) is 0 Å². The van der Waals surface area contributed by atoms with E-state index in [1.807, 2.05) is 4.90 Å². The first-order valence-electron chi connectivity index (χ1n) is 7.33. The quantitative estimate of drug-likeness (QED) is 0.861. The number of aryl methyl sites for hydroxylation is 1. The van der Waals surface area contributed by atoms with Gasteiger partial charge >= 0.3 is 0 Å². The van der Waals surface area contributed by atoms with Gasteiger partial charge in [0.25, 0.3) is 5.91 Å². The maximum Gasteiger partial charge on any atom is 0.256 e. The summed E-state index contributed by atoms with van der Waals surface area (Å²) in [5.41, 5.74) is 0.467. The van der Waals surface area contributed by atoms with Crippen LogP contribution in [0.4, 0.5) is 0 Å². The Morgan fingerprint density at radius 3 is 2.67 bits per heavy atom. The first-order valence-corrected chi connectivity index (χ1v) is 7.33. The summed E-state index contributed by atoms with van der Waals surface area (Å²) in [6.07, 6.45) is 4.96. The molecule has 1 aromatic heterocycles. The van der Waals surface area contributed by atoms with E-state index in [0.29, 0.717) is 5.69 Å². The molecule has 0 spiro atoms. The van der Waals surface area contributed by atoms with E-state index < -0.39 is 5.91 Å². The Morgan fingerprint density at radius 1 is 1.29 bits per heavy atom. The highest BCUT2D eigenvalue weighted by Gasteiger charge is 2.16. The van der Waals surface area contributed by atoms with Gasteiger partial charge in [0, 0.05) is 44.0 Å². The second-order valence-electron chi connectivity index (χ2n) is 5.34. The standard InChI is InChI=1S/C15H21N3O3/c1-11-9-13(19)12(10-17-11)15(21)16-6-5-14(20)18-7-3-2-4-8-18/h9-10H,2-8H2,1H3,(H,16,21)(H,17,19). The number of rotatable bonds is 4. The third-order valence-electron chi connectivity index (χ3n) is 3.64. The molecule has 1 aromatic rings. The van der Waals surface area contributed by atoms with Crippen molar-refractivity contribution in [3.8, 4) is 0 Å². The Bertz CT molecular complexity index is 574. The molecular weight excluding hydrogens is 270 g/mol. The number of aromatic amines is 1. The molecule has 6 heteroatoms. The summed E-state index contributed by atoms with van der Waals surface area (Å²) < 4.78 is 0. The molecule has 0 radical (unpaired) electrons. The van der Waals surface area contributed by atoms with Crippen LogP contribution in [0.15, 0.2) is 17.1 Å². The predicted molar refractivity (Wildman–Crippen MR) is 79.2 cm³/mol. The maximum absolute atomic E-state index is 11.9. The van der Waals surface area contributed by atoms with Crippen LogP contribution in [0.1, 0.15) is 41.7 Å². The molecule has 2 rings (SSSR count). The van der Waals surface area contributed by atoms with Crippen molar-refractivity contribution in [3.05, 3.63) is 33.7 Å². The molecule has 114 valence electrons. The van der Waals surface area contributed by atoms with E-state index in [9.17, 15) is 14.4 Å². The van der Waals surface area contributed by atoms with E-state index in [1.165, 1.54) is 18.7 Å². The minimum atomic E-state index is -0.442. The lowest BCUT2D eigenvalue weighted by Crippen LogP contribution is -2.38. The van der Waals surface area contributed by atoms with Gasteiger partial charge in [-0.05, 0) is 26.2 Å². The minimum absolute atomic E-state index is 0.0628. The van der Waals surface area contributed by atoms with Crippen LogP contribution in [0.2, 0.25) is 0 Å². The Labute approximate surface area is 123 Å². The fraction of sp³-hybridized carbons (Fsp3) is 0.533. The average molecular weight is 291 g/mol. The summed E-state index contributed by atoms with van der Waals surface area (Å²) in [5.74, 6) is -0.379. The summed E-state index contributed by atoms with van der Waals surface area (Å²) in [4.78, 5) is 40.2. The van der Waals surface area contributed by atoms with Crippen molar-refractivity contribution < 1.29 is 9.59 Å². The highest BCUT2D eigenvalue weighted by molar-refractivity contribution is 5.94. The number of likely N-dealkylation sites (tertiary alicyclic amines) is 1. The second kappa shape index (κ2) is 7.06. The first kappa shape index (κ1) is 15.3. The number of H-pyrrole nitrogens is 1. The zero-order chi connectivity index (χ0) is 15.2. The van der Waals surface area contributed by atoms with Gasteiger partial charge in [0.15, 0.2) is 5.43 Å². The third kappa shape index (κ3) is 4.18. The molecule has 6 nitrogen and oxygen atoms in total. The number of pyridine rings is 1. The van der Waals surface area contributed by atoms with E-state index in [4.69, 9.17) is 0 Å². The van der Waals surface area contributed by atoms with E-state index >= 15 is 0 Å². The molecule has 0 unspecified atom stereocenters. The first-order chi connectivity index (χ1) is 10.1. The molecular formula is C15H21N3O3. The van der Waals surface area contributed by atoms with Crippen molar-refractivity contribution in [3.63, 3.8) is 0 Å². The smallest absolute Gasteiger partial charge is 0.256 e. The van der Waals surface area contributed by atoms with Gasteiger partial charge in [-0.1, -0.05) is 0 Å². The zero-order valence-electron chi connectivity index (χ0n) is 12.3. The van der Waals surface area contributed by atoms with E-state index in [-0.39, 0.29) is 29.9 Å². The Hall–Kier alpha value is -2.11. The van der Waals surface area contributed by atoms with Crippen molar-refractivity contribution in [1.29, 1.82) is 0 Å². The van der Waals surface area contributed by atoms with Crippen LogP contribution in [0.5, 0.6) is 0 Å². The van der Waals surface area contributed by atoms with Gasteiger partial charge in [-0.3, -0.25) is 14.4 Å². The summed E-state index contributed by atoms with van der Waals surface area (Å²) in [7, 11) is 0. The highest BCUT2D eigenvalue weighted by Crippen LogP contribution is 2.09. The number of amides is 2. The second-order valence-corrected chi connectivity index (χ2v) is 5.34. The molecule has 2 amide bonds. The monoisotopic (exact) mass is 291 g/mol. The van der Waals surface area contributed by atoms with Crippen molar-refractivity contribution in [2.45, 2.75) is 32.6 Å². The van der Waals surface area contributed by atoms with Crippen molar-refractivity contribution >= 4 is 11.8 Å². The fourth-order valence-corrected chi connectivity index (χ4v) is 2.43. The summed E-state index contributed by atoms with van der Waals surface area (Å²) in [5, 5.41) is 2.62. The van der Waals surface area contributed by atoms with Crippen LogP contribution in [0, 0.1) is 6.92 Å². The highest BCUT2D eigenvalue weighted by atomic mass is 16.2. The molecule has 2 N–H and O–H groups in total. The van der Waals surface area contributed by atoms with Crippen molar-refractivity contribution in [1.82, 2.24) is 15.2 Å². The number of hydrogen-bond donors (Lipinski definition) is 2. The lowest BCUT2D eigenvalue weighted by molar-refractivity contribution is -0.131. The van der Waals surface area contributed by atoms with Crippen LogP contribution in [-0.4, -0.2) is 41.3 Å². The number of carbonyl (C=O) groups is 2. The largest absolute Gasteiger partial charge is 0.364 e. The van der Waals surface area contributed by atoms with Gasteiger partial charge in [-0.15, -0.1) is 0 Å². The molecule has 2 heterocycles. The van der Waals surface area contributed by atoms with Gasteiger partial charge in [-0.25, -0.2) is 0 Å². The Balaban J connectivity index is 1.81. The maximum atomic E-state index is 11.9. The van der Waals surface area contributed by atoms with Crippen molar-refractivity contribution in [2.75, 3.05) is 19.6 Å². The number of hydrogen-bond acceptors (Lipinski definition) is 3. The summed E-state index contributed by atoms with van der Waals surface area (Å²) >= 11 is 0. The topological polar surface area (TPSA) is 82.3 Å². The average Bonchev–Trinajstić information content (AvgIpc) is 2.47. The Morgan fingerprint density at radius 2 is 2.00 bits per heavy atom. The van der Waals surface area contributed by atoms with Gasteiger partial charge in [0.1, 0.15) is 5.56 Å². The normalized spacial score (nSPS) is 14.8. The molecule has 0 atom stereocenters. The molecule has 0 saturated carbocycles. The molecule has 1 aliphatic heterocycles. The SMILES string of the molecule is Cc1cc(=O)c(C(=O)NCCC(=O)N2CCCCC2)c[nH]1. The van der Waals surface area contributed by atoms with Gasteiger partial charge in [0.2, 0.25) is 5.91 Å². The van der Waals surface area contributed by atoms with Crippen LogP contribution in [-0.2, 0) is 4.79 Å². The van der Waals surface area contributed by atoms with Gasteiger partial charge in [0.05, 0.1) is 0 Å². The Kier molecular flexibility index (Phi) is 5.14. The van der Waals surface area contributed by atoms with E-state index in [0.717, 1.165) is 25.9 Å². The van der Waals surface area contributed by atoms with Gasteiger partial charge in [-0.2, -0.15) is 0 Å². The van der Waals surface area contributed by atoms with E-state index in [1.54, 1.807) is 6.92 Å². The van der Waals surface area contributed by atoms with Crippen LogP contribution < -0.4 is 10.7 Å². The minimum Gasteiger partial charge on any atom is -0.364 e. The zero-order valence-corrected chi connectivity index (χ0v) is 12.3. The number of nitrogens with one attached hydrogen (secondary N) is 2. The van der Waals surface area contributed by atoms with Crippen LogP contribution >= 0.6 is 0 Å².